The molecule has 88 valence electrons. The molecule has 0 amide bonds. The highest BCUT2D eigenvalue weighted by atomic mass is 14.9. The van der Waals surface area contributed by atoms with Gasteiger partial charge in [-0.15, -0.1) is 0 Å². The molecule has 1 N–H and O–H groups in total. The molecular weight excluding hydrogens is 196 g/mol. The van der Waals surface area contributed by atoms with Gasteiger partial charge in [-0.2, -0.15) is 5.26 Å². The Kier molecular flexibility index (Phi) is 2.90. The molecule has 0 saturated heterocycles. The van der Waals surface area contributed by atoms with Crippen molar-refractivity contribution in [2.45, 2.75) is 38.5 Å². The number of nitrogens with one attached hydrogen (secondary N) is 1. The molecule has 2 heteroatoms. The van der Waals surface area contributed by atoms with Gasteiger partial charge in [-0.05, 0) is 68.2 Å². The minimum absolute atomic E-state index is 0.660. The second-order valence-corrected chi connectivity index (χ2v) is 6.21. The van der Waals surface area contributed by atoms with Crippen LogP contribution in [0, 0.1) is 40.9 Å². The van der Waals surface area contributed by atoms with Crippen molar-refractivity contribution in [1.29, 1.82) is 5.26 Å². The lowest BCUT2D eigenvalue weighted by Crippen LogP contribution is -2.48. The molecule has 0 aromatic rings. The summed E-state index contributed by atoms with van der Waals surface area (Å²) in [5, 5.41) is 12.0. The van der Waals surface area contributed by atoms with Crippen LogP contribution >= 0.6 is 0 Å². The molecule has 4 fully saturated rings. The Balaban J connectivity index is 1.54. The second-order valence-electron chi connectivity index (χ2n) is 6.21. The van der Waals surface area contributed by atoms with Crippen molar-refractivity contribution >= 4 is 0 Å². The number of hydrogen-bond donors (Lipinski definition) is 1. The molecule has 0 spiro atoms. The van der Waals surface area contributed by atoms with Crippen molar-refractivity contribution in [2.24, 2.45) is 29.6 Å². The third-order valence-electron chi connectivity index (χ3n) is 5.22. The van der Waals surface area contributed by atoms with Crippen molar-refractivity contribution in [3.05, 3.63) is 0 Å². The van der Waals surface area contributed by atoms with Crippen LogP contribution in [-0.2, 0) is 0 Å². The summed E-state index contributed by atoms with van der Waals surface area (Å²) in [7, 11) is 0. The number of hydrogen-bond acceptors (Lipinski definition) is 2. The predicted molar refractivity (Wildman–Crippen MR) is 63.6 cm³/mol. The first-order chi connectivity index (χ1) is 7.86. The van der Waals surface area contributed by atoms with Gasteiger partial charge in [-0.1, -0.05) is 0 Å². The SMILES string of the molecule is N#CCCNCC1C2CC3CC(C2)CC1C3. The summed E-state index contributed by atoms with van der Waals surface area (Å²) in [6.07, 6.45) is 8.25. The smallest absolute Gasteiger partial charge is 0.0635 e. The molecule has 4 saturated carbocycles. The largest absolute Gasteiger partial charge is 0.315 e. The Morgan fingerprint density at radius 3 is 2.19 bits per heavy atom. The summed E-state index contributed by atoms with van der Waals surface area (Å²) < 4.78 is 0. The first-order valence-electron chi connectivity index (χ1n) is 6.94. The Morgan fingerprint density at radius 1 is 1.00 bits per heavy atom. The average Bonchev–Trinajstić information content (AvgIpc) is 2.26. The van der Waals surface area contributed by atoms with Crippen LogP contribution in [0.3, 0.4) is 0 Å². The first kappa shape index (κ1) is 10.6. The molecule has 4 aliphatic rings. The third-order valence-corrected chi connectivity index (χ3v) is 5.22. The Labute approximate surface area is 98.4 Å². The topological polar surface area (TPSA) is 35.8 Å². The lowest BCUT2D eigenvalue weighted by molar-refractivity contribution is -0.0353. The van der Waals surface area contributed by atoms with E-state index in [0.29, 0.717) is 6.42 Å². The number of rotatable bonds is 4. The molecule has 4 rings (SSSR count). The van der Waals surface area contributed by atoms with Crippen LogP contribution in [0.2, 0.25) is 0 Å². The summed E-state index contributed by atoms with van der Waals surface area (Å²) in [4.78, 5) is 0. The van der Waals surface area contributed by atoms with Gasteiger partial charge < -0.3 is 5.32 Å². The molecule has 0 aromatic carbocycles. The average molecular weight is 218 g/mol. The molecule has 2 nitrogen and oxygen atoms in total. The van der Waals surface area contributed by atoms with Crippen LogP contribution in [0.1, 0.15) is 38.5 Å². The van der Waals surface area contributed by atoms with Gasteiger partial charge in [0.15, 0.2) is 0 Å². The van der Waals surface area contributed by atoms with Crippen LogP contribution in [-0.4, -0.2) is 13.1 Å². The van der Waals surface area contributed by atoms with E-state index in [-0.39, 0.29) is 0 Å². The fourth-order valence-electron chi connectivity index (χ4n) is 4.78. The first-order valence-corrected chi connectivity index (χ1v) is 6.94. The number of nitrogens with zero attached hydrogens (tertiary/aromatic N) is 1. The summed E-state index contributed by atoms with van der Waals surface area (Å²) in [5.74, 6) is 5.14. The highest BCUT2D eigenvalue weighted by Gasteiger charge is 2.47. The molecule has 0 radical (unpaired) electrons. The lowest BCUT2D eigenvalue weighted by atomic mass is 9.52. The Bertz CT molecular complexity index is 264. The van der Waals surface area contributed by atoms with E-state index < -0.39 is 0 Å². The molecule has 0 aliphatic heterocycles. The van der Waals surface area contributed by atoms with Crippen LogP contribution in [0.15, 0.2) is 0 Å². The number of nitriles is 1. The zero-order valence-corrected chi connectivity index (χ0v) is 9.99. The van der Waals surface area contributed by atoms with Gasteiger partial charge in [0, 0.05) is 13.0 Å². The van der Waals surface area contributed by atoms with Gasteiger partial charge in [-0.3, -0.25) is 0 Å². The van der Waals surface area contributed by atoms with Crippen LogP contribution in [0.25, 0.3) is 0 Å². The lowest BCUT2D eigenvalue weighted by Gasteiger charge is -2.54. The van der Waals surface area contributed by atoms with Crippen LogP contribution in [0.5, 0.6) is 0 Å². The van der Waals surface area contributed by atoms with Gasteiger partial charge in [0.2, 0.25) is 0 Å². The van der Waals surface area contributed by atoms with Crippen molar-refractivity contribution in [3.8, 4) is 6.07 Å². The highest BCUT2D eigenvalue weighted by molar-refractivity contribution is 4.98. The van der Waals surface area contributed by atoms with E-state index in [1.165, 1.54) is 32.2 Å². The van der Waals surface area contributed by atoms with Crippen LogP contribution in [0.4, 0.5) is 0 Å². The fourth-order valence-corrected chi connectivity index (χ4v) is 4.78. The summed E-state index contributed by atoms with van der Waals surface area (Å²) >= 11 is 0. The Morgan fingerprint density at radius 2 is 1.62 bits per heavy atom. The van der Waals surface area contributed by atoms with E-state index in [1.807, 2.05) is 0 Å². The minimum atomic E-state index is 0.660. The molecule has 16 heavy (non-hydrogen) atoms. The van der Waals surface area contributed by atoms with Crippen molar-refractivity contribution in [1.82, 2.24) is 5.32 Å². The normalized spacial score (nSPS) is 44.6. The molecule has 0 unspecified atom stereocenters. The summed E-state index contributed by atoms with van der Waals surface area (Å²) in [5.41, 5.74) is 0. The zero-order chi connectivity index (χ0) is 11.0. The minimum Gasteiger partial charge on any atom is -0.315 e. The van der Waals surface area contributed by atoms with Gasteiger partial charge in [0.1, 0.15) is 0 Å². The van der Waals surface area contributed by atoms with Crippen molar-refractivity contribution < 1.29 is 0 Å². The molecular formula is C14H22N2. The molecule has 4 bridgehead atoms. The molecule has 0 heterocycles. The van der Waals surface area contributed by atoms with Crippen molar-refractivity contribution in [3.63, 3.8) is 0 Å². The van der Waals surface area contributed by atoms with Gasteiger partial charge >= 0.3 is 0 Å². The van der Waals surface area contributed by atoms with Gasteiger partial charge in [0.25, 0.3) is 0 Å². The van der Waals surface area contributed by atoms with E-state index in [4.69, 9.17) is 5.26 Å². The van der Waals surface area contributed by atoms with E-state index in [2.05, 4.69) is 11.4 Å². The molecule has 0 aromatic heterocycles. The maximum atomic E-state index is 8.52. The fraction of sp³-hybridized carbons (Fsp3) is 0.929. The van der Waals surface area contributed by atoms with E-state index >= 15 is 0 Å². The Hall–Kier alpha value is -0.550. The summed E-state index contributed by atoms with van der Waals surface area (Å²) in [6.45, 7) is 2.07. The quantitative estimate of drug-likeness (QED) is 0.736. The predicted octanol–water partition coefficient (Wildman–Crippen LogP) is 2.56. The highest BCUT2D eigenvalue weighted by Crippen LogP contribution is 2.56. The monoisotopic (exact) mass is 218 g/mol. The molecule has 4 aliphatic carbocycles. The second kappa shape index (κ2) is 4.37. The third kappa shape index (κ3) is 1.86. The zero-order valence-electron chi connectivity index (χ0n) is 9.99. The van der Waals surface area contributed by atoms with E-state index in [1.54, 1.807) is 6.42 Å². The van der Waals surface area contributed by atoms with Gasteiger partial charge in [-0.25, -0.2) is 0 Å². The van der Waals surface area contributed by atoms with Crippen molar-refractivity contribution in [2.75, 3.05) is 13.1 Å². The summed E-state index contributed by atoms with van der Waals surface area (Å²) in [6, 6.07) is 2.21. The van der Waals surface area contributed by atoms with E-state index in [0.717, 1.165) is 36.1 Å². The maximum Gasteiger partial charge on any atom is 0.0635 e. The standard InChI is InChI=1S/C14H22N2/c15-2-1-3-16-9-14-12-5-10-4-11(7-12)8-13(14)6-10/h10-14,16H,1,3-9H2. The maximum absolute atomic E-state index is 8.52. The van der Waals surface area contributed by atoms with Gasteiger partial charge in [0.05, 0.1) is 6.07 Å². The van der Waals surface area contributed by atoms with E-state index in [9.17, 15) is 0 Å². The van der Waals surface area contributed by atoms with Crippen LogP contribution < -0.4 is 5.32 Å². The molecule has 0 atom stereocenters.